The zero-order chi connectivity index (χ0) is 12.1. The lowest BCUT2D eigenvalue weighted by molar-refractivity contribution is -0.117. The third kappa shape index (κ3) is 3.70. The summed E-state index contributed by atoms with van der Waals surface area (Å²) in [6.45, 7) is 2.72. The van der Waals surface area contributed by atoms with Gasteiger partial charge in [-0.3, -0.25) is 4.79 Å². The molecule has 0 unspecified atom stereocenters. The minimum Gasteiger partial charge on any atom is -0.352 e. The van der Waals surface area contributed by atoms with Gasteiger partial charge < -0.3 is 5.32 Å². The molecule has 1 aromatic heterocycles. The minimum atomic E-state index is 0.0744. The first-order valence-corrected chi connectivity index (χ1v) is 7.13. The number of hydrogen-bond acceptors (Lipinski definition) is 2. The highest BCUT2D eigenvalue weighted by molar-refractivity contribution is 7.10. The maximum absolute atomic E-state index is 11.9. The standard InChI is InChI=1S/C14H19NOS/c1-11(9-13-7-4-8-17-13)14(16)15-10-12-5-2-3-6-12/h4,7-9,12H,2-3,5-6,10H2,1H3,(H,15,16)/b11-9+. The highest BCUT2D eigenvalue weighted by Crippen LogP contribution is 2.23. The molecular formula is C14H19NOS. The van der Waals surface area contributed by atoms with Gasteiger partial charge in [-0.2, -0.15) is 0 Å². The molecule has 0 aromatic carbocycles. The molecule has 0 radical (unpaired) electrons. The van der Waals surface area contributed by atoms with Gasteiger partial charge in [0.1, 0.15) is 0 Å². The first kappa shape index (κ1) is 12.4. The van der Waals surface area contributed by atoms with Crippen LogP contribution in [0.15, 0.2) is 23.1 Å². The Morgan fingerprint density at radius 2 is 2.29 bits per heavy atom. The molecule has 1 fully saturated rings. The number of carbonyl (C=O) groups is 1. The Kier molecular flexibility index (Phi) is 4.37. The van der Waals surface area contributed by atoms with Gasteiger partial charge in [0, 0.05) is 17.0 Å². The molecular weight excluding hydrogens is 230 g/mol. The number of nitrogens with one attached hydrogen (secondary N) is 1. The summed E-state index contributed by atoms with van der Waals surface area (Å²) in [5, 5.41) is 5.06. The monoisotopic (exact) mass is 249 g/mol. The molecule has 0 spiro atoms. The Bertz CT molecular complexity index is 388. The molecule has 92 valence electrons. The van der Waals surface area contributed by atoms with Gasteiger partial charge in [0.2, 0.25) is 5.91 Å². The molecule has 1 heterocycles. The summed E-state index contributed by atoms with van der Waals surface area (Å²) in [7, 11) is 0. The molecule has 1 aromatic rings. The van der Waals surface area contributed by atoms with Gasteiger partial charge in [-0.1, -0.05) is 18.9 Å². The molecule has 1 aliphatic carbocycles. The van der Waals surface area contributed by atoms with E-state index in [2.05, 4.69) is 5.32 Å². The third-order valence-electron chi connectivity index (χ3n) is 3.29. The van der Waals surface area contributed by atoms with Gasteiger partial charge in [0.25, 0.3) is 0 Å². The van der Waals surface area contributed by atoms with E-state index < -0.39 is 0 Å². The van der Waals surface area contributed by atoms with Crippen LogP contribution in [-0.4, -0.2) is 12.5 Å². The Morgan fingerprint density at radius 3 is 2.94 bits per heavy atom. The molecule has 17 heavy (non-hydrogen) atoms. The second-order valence-electron chi connectivity index (χ2n) is 4.70. The van der Waals surface area contributed by atoms with Crippen molar-refractivity contribution < 1.29 is 4.79 Å². The topological polar surface area (TPSA) is 29.1 Å². The van der Waals surface area contributed by atoms with E-state index in [0.29, 0.717) is 5.92 Å². The van der Waals surface area contributed by atoms with E-state index in [1.165, 1.54) is 25.7 Å². The SMILES string of the molecule is C/C(=C\c1cccs1)C(=O)NCC1CCCC1. The molecule has 1 amide bonds. The van der Waals surface area contributed by atoms with Crippen LogP contribution in [-0.2, 0) is 4.79 Å². The summed E-state index contributed by atoms with van der Waals surface area (Å²) >= 11 is 1.66. The average molecular weight is 249 g/mol. The van der Waals surface area contributed by atoms with Crippen LogP contribution in [0.2, 0.25) is 0 Å². The van der Waals surface area contributed by atoms with Crippen molar-refractivity contribution >= 4 is 23.3 Å². The first-order chi connectivity index (χ1) is 8.25. The molecule has 1 N–H and O–H groups in total. The number of thiophene rings is 1. The Morgan fingerprint density at radius 1 is 1.53 bits per heavy atom. The summed E-state index contributed by atoms with van der Waals surface area (Å²) in [5.41, 5.74) is 0.797. The van der Waals surface area contributed by atoms with E-state index in [0.717, 1.165) is 17.0 Å². The molecule has 2 nitrogen and oxygen atoms in total. The van der Waals surface area contributed by atoms with Crippen molar-refractivity contribution in [1.29, 1.82) is 0 Å². The molecule has 0 bridgehead atoms. The van der Waals surface area contributed by atoms with Crippen LogP contribution in [0.5, 0.6) is 0 Å². The molecule has 1 aliphatic rings. The van der Waals surface area contributed by atoms with Crippen LogP contribution < -0.4 is 5.32 Å². The van der Waals surface area contributed by atoms with Crippen LogP contribution in [0.4, 0.5) is 0 Å². The van der Waals surface area contributed by atoms with Gasteiger partial charge in [-0.25, -0.2) is 0 Å². The minimum absolute atomic E-state index is 0.0744. The molecule has 1 saturated carbocycles. The zero-order valence-electron chi connectivity index (χ0n) is 10.2. The van der Waals surface area contributed by atoms with Crippen molar-refractivity contribution in [2.24, 2.45) is 5.92 Å². The van der Waals surface area contributed by atoms with Gasteiger partial charge in [0.15, 0.2) is 0 Å². The van der Waals surface area contributed by atoms with Crippen LogP contribution in [0.3, 0.4) is 0 Å². The maximum Gasteiger partial charge on any atom is 0.246 e. The summed E-state index contributed by atoms with van der Waals surface area (Å²) in [6, 6.07) is 4.03. The summed E-state index contributed by atoms with van der Waals surface area (Å²) in [5.74, 6) is 0.777. The van der Waals surface area contributed by atoms with Gasteiger partial charge in [-0.15, -0.1) is 11.3 Å². The highest BCUT2D eigenvalue weighted by atomic mass is 32.1. The van der Waals surface area contributed by atoms with E-state index in [9.17, 15) is 4.79 Å². The summed E-state index contributed by atoms with van der Waals surface area (Å²) in [4.78, 5) is 13.0. The van der Waals surface area contributed by atoms with Crippen molar-refractivity contribution in [1.82, 2.24) is 5.32 Å². The fraction of sp³-hybridized carbons (Fsp3) is 0.500. The fourth-order valence-corrected chi connectivity index (χ4v) is 2.96. The van der Waals surface area contributed by atoms with Crippen LogP contribution in [0.1, 0.15) is 37.5 Å². The number of carbonyl (C=O) groups excluding carboxylic acids is 1. The van der Waals surface area contributed by atoms with E-state index in [4.69, 9.17) is 0 Å². The van der Waals surface area contributed by atoms with Crippen molar-refractivity contribution in [2.75, 3.05) is 6.54 Å². The average Bonchev–Trinajstić information content (AvgIpc) is 2.98. The lowest BCUT2D eigenvalue weighted by atomic mass is 10.1. The quantitative estimate of drug-likeness (QED) is 0.813. The maximum atomic E-state index is 11.9. The Hall–Kier alpha value is -1.09. The predicted octanol–water partition coefficient (Wildman–Crippen LogP) is 3.46. The third-order valence-corrected chi connectivity index (χ3v) is 4.11. The van der Waals surface area contributed by atoms with Crippen molar-refractivity contribution in [3.63, 3.8) is 0 Å². The lowest BCUT2D eigenvalue weighted by Crippen LogP contribution is -2.28. The highest BCUT2D eigenvalue weighted by Gasteiger charge is 2.15. The van der Waals surface area contributed by atoms with Crippen LogP contribution in [0.25, 0.3) is 6.08 Å². The van der Waals surface area contributed by atoms with E-state index >= 15 is 0 Å². The lowest BCUT2D eigenvalue weighted by Gasteiger charge is -2.10. The van der Waals surface area contributed by atoms with Crippen molar-refractivity contribution in [2.45, 2.75) is 32.6 Å². The molecule has 0 atom stereocenters. The van der Waals surface area contributed by atoms with E-state index in [1.54, 1.807) is 11.3 Å². The first-order valence-electron chi connectivity index (χ1n) is 6.25. The van der Waals surface area contributed by atoms with Crippen LogP contribution in [0, 0.1) is 5.92 Å². The second kappa shape index (κ2) is 6.01. The summed E-state index contributed by atoms with van der Waals surface area (Å²) < 4.78 is 0. The number of hydrogen-bond donors (Lipinski definition) is 1. The smallest absolute Gasteiger partial charge is 0.246 e. The van der Waals surface area contributed by atoms with E-state index in [-0.39, 0.29) is 5.91 Å². The second-order valence-corrected chi connectivity index (χ2v) is 5.68. The fourth-order valence-electron chi connectivity index (χ4n) is 2.24. The predicted molar refractivity (Wildman–Crippen MR) is 72.9 cm³/mol. The molecule has 0 saturated heterocycles. The van der Waals surface area contributed by atoms with Crippen molar-refractivity contribution in [3.8, 4) is 0 Å². The Balaban J connectivity index is 1.82. The van der Waals surface area contributed by atoms with Crippen LogP contribution >= 0.6 is 11.3 Å². The largest absolute Gasteiger partial charge is 0.352 e. The molecule has 2 rings (SSSR count). The van der Waals surface area contributed by atoms with Gasteiger partial charge >= 0.3 is 0 Å². The van der Waals surface area contributed by atoms with Gasteiger partial charge in [-0.05, 0) is 43.2 Å². The van der Waals surface area contributed by atoms with Crippen molar-refractivity contribution in [3.05, 3.63) is 28.0 Å². The van der Waals surface area contributed by atoms with Gasteiger partial charge in [0.05, 0.1) is 0 Å². The summed E-state index contributed by atoms with van der Waals surface area (Å²) in [6.07, 6.45) is 7.14. The molecule has 0 aliphatic heterocycles. The number of amides is 1. The zero-order valence-corrected chi connectivity index (χ0v) is 11.1. The molecule has 3 heteroatoms. The number of rotatable bonds is 4. The van der Waals surface area contributed by atoms with E-state index in [1.807, 2.05) is 30.5 Å². The normalized spacial score (nSPS) is 17.4. The Labute approximate surface area is 107 Å².